The van der Waals surface area contributed by atoms with Crippen LogP contribution >= 0.6 is 27.7 Å². The summed E-state index contributed by atoms with van der Waals surface area (Å²) in [5.41, 5.74) is 2.52. The van der Waals surface area contributed by atoms with Crippen molar-refractivity contribution in [2.75, 3.05) is 7.11 Å². The van der Waals surface area contributed by atoms with Crippen LogP contribution in [0.2, 0.25) is 0 Å². The van der Waals surface area contributed by atoms with Gasteiger partial charge in [-0.1, -0.05) is 34.1 Å². The summed E-state index contributed by atoms with van der Waals surface area (Å²) < 4.78 is 6.47. The molecule has 0 spiro atoms. The highest BCUT2D eigenvalue weighted by atomic mass is 79.9. The van der Waals surface area contributed by atoms with E-state index in [1.807, 2.05) is 23.9 Å². The van der Waals surface area contributed by atoms with Crippen molar-refractivity contribution < 1.29 is 4.74 Å². The lowest BCUT2D eigenvalue weighted by Crippen LogP contribution is -1.90. The van der Waals surface area contributed by atoms with Gasteiger partial charge in [0.15, 0.2) is 0 Å². The molecule has 0 aromatic heterocycles. The van der Waals surface area contributed by atoms with Gasteiger partial charge in [-0.25, -0.2) is 0 Å². The van der Waals surface area contributed by atoms with Gasteiger partial charge < -0.3 is 4.74 Å². The summed E-state index contributed by atoms with van der Waals surface area (Å²) >= 11 is 5.34. The second-order valence-corrected chi connectivity index (χ2v) is 5.94. The van der Waals surface area contributed by atoms with Crippen LogP contribution in [0.3, 0.4) is 0 Å². The van der Waals surface area contributed by atoms with Crippen molar-refractivity contribution >= 4 is 27.7 Å². The maximum Gasteiger partial charge on any atom is 0.122 e. The molecule has 0 saturated carbocycles. The number of hydrogen-bond donors (Lipinski definition) is 0. The summed E-state index contributed by atoms with van der Waals surface area (Å²) in [7, 11) is 1.71. The molecule has 0 fully saturated rings. The van der Waals surface area contributed by atoms with Crippen LogP contribution in [0.4, 0.5) is 0 Å². The van der Waals surface area contributed by atoms with Gasteiger partial charge in [0.25, 0.3) is 0 Å². The van der Waals surface area contributed by atoms with Crippen LogP contribution in [0.5, 0.6) is 5.75 Å². The Labute approximate surface area is 121 Å². The van der Waals surface area contributed by atoms with Crippen LogP contribution in [0, 0.1) is 6.92 Å². The molecule has 0 N–H and O–H groups in total. The van der Waals surface area contributed by atoms with Gasteiger partial charge in [-0.2, -0.15) is 0 Å². The van der Waals surface area contributed by atoms with Gasteiger partial charge in [0.05, 0.1) is 7.11 Å². The minimum absolute atomic E-state index is 0.910. The fraction of sp³-hybridized carbons (Fsp3) is 0.200. The lowest BCUT2D eigenvalue weighted by Gasteiger charge is -2.10. The Morgan fingerprint density at radius 1 is 1.17 bits per heavy atom. The number of ether oxygens (including phenoxy) is 1. The molecule has 0 radical (unpaired) electrons. The zero-order chi connectivity index (χ0) is 13.0. The zero-order valence-corrected chi connectivity index (χ0v) is 12.8. The van der Waals surface area contributed by atoms with E-state index in [0.717, 1.165) is 16.0 Å². The topological polar surface area (TPSA) is 9.23 Å². The molecule has 0 heterocycles. The second-order valence-electron chi connectivity index (χ2n) is 4.01. The van der Waals surface area contributed by atoms with E-state index in [2.05, 4.69) is 53.2 Å². The van der Waals surface area contributed by atoms with Gasteiger partial charge in [0.1, 0.15) is 5.75 Å². The van der Waals surface area contributed by atoms with Crippen LogP contribution in [-0.2, 0) is 5.75 Å². The van der Waals surface area contributed by atoms with Crippen LogP contribution in [-0.4, -0.2) is 7.11 Å². The molecule has 0 atom stereocenters. The van der Waals surface area contributed by atoms with Gasteiger partial charge in [-0.3, -0.25) is 0 Å². The van der Waals surface area contributed by atoms with Crippen LogP contribution < -0.4 is 4.74 Å². The number of halogens is 1. The third-order valence-electron chi connectivity index (χ3n) is 2.72. The number of methoxy groups -OCH3 is 1. The normalized spacial score (nSPS) is 10.4. The first-order chi connectivity index (χ1) is 8.70. The highest BCUT2D eigenvalue weighted by molar-refractivity contribution is 9.10. The molecule has 0 aliphatic rings. The van der Waals surface area contributed by atoms with Gasteiger partial charge >= 0.3 is 0 Å². The van der Waals surface area contributed by atoms with E-state index in [4.69, 9.17) is 4.74 Å². The number of thioether (sulfide) groups is 1. The summed E-state index contributed by atoms with van der Waals surface area (Å²) in [6, 6.07) is 14.6. The van der Waals surface area contributed by atoms with Crippen molar-refractivity contribution in [1.82, 2.24) is 0 Å². The molecular formula is C15H15BrOS. The second kappa shape index (κ2) is 6.30. The van der Waals surface area contributed by atoms with Gasteiger partial charge in [-0.15, -0.1) is 11.8 Å². The molecule has 0 bridgehead atoms. The lowest BCUT2D eigenvalue weighted by atomic mass is 10.2. The first kappa shape index (κ1) is 13.5. The molecule has 1 nitrogen and oxygen atoms in total. The van der Waals surface area contributed by atoms with E-state index < -0.39 is 0 Å². The Balaban J connectivity index is 2.15. The minimum Gasteiger partial charge on any atom is -0.496 e. The lowest BCUT2D eigenvalue weighted by molar-refractivity contribution is 0.411. The third kappa shape index (κ3) is 3.30. The predicted octanol–water partition coefficient (Wildman–Crippen LogP) is 5.06. The Morgan fingerprint density at radius 2 is 1.94 bits per heavy atom. The van der Waals surface area contributed by atoms with Crippen molar-refractivity contribution in [2.24, 2.45) is 0 Å². The van der Waals surface area contributed by atoms with Crippen molar-refractivity contribution in [3.8, 4) is 5.75 Å². The summed E-state index contributed by atoms with van der Waals surface area (Å²) in [5.74, 6) is 1.85. The summed E-state index contributed by atoms with van der Waals surface area (Å²) in [5, 5.41) is 0. The van der Waals surface area contributed by atoms with E-state index in [1.165, 1.54) is 16.0 Å². The maximum absolute atomic E-state index is 5.38. The Hall–Kier alpha value is -0.930. The predicted molar refractivity (Wildman–Crippen MR) is 81.4 cm³/mol. The van der Waals surface area contributed by atoms with Crippen molar-refractivity contribution in [2.45, 2.75) is 17.6 Å². The third-order valence-corrected chi connectivity index (χ3v) is 4.44. The quantitative estimate of drug-likeness (QED) is 0.728. The largest absolute Gasteiger partial charge is 0.496 e. The van der Waals surface area contributed by atoms with E-state index in [9.17, 15) is 0 Å². The molecule has 0 aliphatic heterocycles. The zero-order valence-electron chi connectivity index (χ0n) is 10.4. The highest BCUT2D eigenvalue weighted by Gasteiger charge is 2.05. The molecule has 2 aromatic rings. The number of aryl methyl sites for hydroxylation is 1. The van der Waals surface area contributed by atoms with Crippen LogP contribution in [0.1, 0.15) is 11.1 Å². The fourth-order valence-corrected chi connectivity index (χ4v) is 3.15. The number of rotatable bonds is 4. The average molecular weight is 323 g/mol. The Morgan fingerprint density at radius 3 is 2.67 bits per heavy atom. The van der Waals surface area contributed by atoms with Crippen LogP contribution in [0.15, 0.2) is 51.8 Å². The van der Waals surface area contributed by atoms with E-state index in [1.54, 1.807) is 7.11 Å². The molecule has 2 rings (SSSR count). The van der Waals surface area contributed by atoms with Gasteiger partial charge in [0.2, 0.25) is 0 Å². The molecule has 3 heteroatoms. The molecule has 0 saturated heterocycles. The van der Waals surface area contributed by atoms with Crippen molar-refractivity contribution in [3.63, 3.8) is 0 Å². The van der Waals surface area contributed by atoms with E-state index in [-0.39, 0.29) is 0 Å². The molecule has 0 unspecified atom stereocenters. The number of benzene rings is 2. The molecule has 94 valence electrons. The fourth-order valence-electron chi connectivity index (χ4n) is 1.73. The first-order valence-corrected chi connectivity index (χ1v) is 7.49. The SMILES string of the molecule is COc1ccc(Br)cc1CSc1ccccc1C. The van der Waals surface area contributed by atoms with E-state index >= 15 is 0 Å². The van der Waals surface area contributed by atoms with Crippen molar-refractivity contribution in [1.29, 1.82) is 0 Å². The molecule has 18 heavy (non-hydrogen) atoms. The highest BCUT2D eigenvalue weighted by Crippen LogP contribution is 2.31. The molecule has 2 aromatic carbocycles. The van der Waals surface area contributed by atoms with Gasteiger partial charge in [-0.05, 0) is 36.8 Å². The summed E-state index contributed by atoms with van der Waals surface area (Å²) in [6.45, 7) is 2.14. The van der Waals surface area contributed by atoms with E-state index in [0.29, 0.717) is 0 Å². The van der Waals surface area contributed by atoms with Crippen molar-refractivity contribution in [3.05, 3.63) is 58.1 Å². The smallest absolute Gasteiger partial charge is 0.122 e. The minimum atomic E-state index is 0.910. The Bertz CT molecular complexity index is 540. The maximum atomic E-state index is 5.38. The summed E-state index contributed by atoms with van der Waals surface area (Å²) in [4.78, 5) is 1.32. The summed E-state index contributed by atoms with van der Waals surface area (Å²) in [6.07, 6.45) is 0. The van der Waals surface area contributed by atoms with Crippen LogP contribution in [0.25, 0.3) is 0 Å². The molecule has 0 aliphatic carbocycles. The number of hydrogen-bond acceptors (Lipinski definition) is 2. The average Bonchev–Trinajstić information content (AvgIpc) is 2.38. The standard InChI is InChI=1S/C15H15BrOS/c1-11-5-3-4-6-15(11)18-10-12-9-13(16)7-8-14(12)17-2/h3-9H,10H2,1-2H3. The Kier molecular flexibility index (Phi) is 4.72. The van der Waals surface area contributed by atoms with Gasteiger partial charge in [0, 0.05) is 20.7 Å². The molecular weight excluding hydrogens is 308 g/mol. The monoisotopic (exact) mass is 322 g/mol. The molecule has 0 amide bonds. The first-order valence-electron chi connectivity index (χ1n) is 5.71.